The third kappa shape index (κ3) is 3.11. The normalized spacial score (nSPS) is 17.5. The summed E-state index contributed by atoms with van der Waals surface area (Å²) in [6.07, 6.45) is 2.77. The SMILES string of the molecule is CC(C)(C)NC(=O)OCCC1CCc2[nH]c3ccccc3c21. The second kappa shape index (κ2) is 5.67. The highest BCUT2D eigenvalue weighted by Gasteiger charge is 2.26. The third-order valence-corrected chi connectivity index (χ3v) is 4.16. The van der Waals surface area contributed by atoms with E-state index < -0.39 is 0 Å². The maximum Gasteiger partial charge on any atom is 0.407 e. The van der Waals surface area contributed by atoms with Crippen molar-refractivity contribution in [3.8, 4) is 0 Å². The number of hydrogen-bond acceptors (Lipinski definition) is 2. The molecule has 1 heterocycles. The fraction of sp³-hybridized carbons (Fsp3) is 0.500. The van der Waals surface area contributed by atoms with E-state index in [1.165, 1.54) is 22.2 Å². The Morgan fingerprint density at radius 2 is 2.14 bits per heavy atom. The van der Waals surface area contributed by atoms with Gasteiger partial charge in [-0.15, -0.1) is 0 Å². The average molecular weight is 300 g/mol. The second-order valence-corrected chi connectivity index (χ2v) is 7.10. The minimum absolute atomic E-state index is 0.256. The summed E-state index contributed by atoms with van der Waals surface area (Å²) >= 11 is 0. The van der Waals surface area contributed by atoms with Crippen LogP contribution < -0.4 is 5.32 Å². The van der Waals surface area contributed by atoms with Gasteiger partial charge in [0, 0.05) is 22.1 Å². The molecule has 0 saturated carbocycles. The highest BCUT2D eigenvalue weighted by atomic mass is 16.5. The van der Waals surface area contributed by atoms with Gasteiger partial charge in [0.25, 0.3) is 0 Å². The van der Waals surface area contributed by atoms with E-state index >= 15 is 0 Å². The first-order valence-electron chi connectivity index (χ1n) is 7.98. The van der Waals surface area contributed by atoms with Crippen LogP contribution in [0.3, 0.4) is 0 Å². The Morgan fingerprint density at radius 3 is 2.91 bits per heavy atom. The number of aromatic amines is 1. The van der Waals surface area contributed by atoms with Crippen molar-refractivity contribution in [1.29, 1.82) is 0 Å². The van der Waals surface area contributed by atoms with Crippen molar-refractivity contribution in [2.75, 3.05) is 6.61 Å². The lowest BCUT2D eigenvalue weighted by Crippen LogP contribution is -2.41. The fourth-order valence-corrected chi connectivity index (χ4v) is 3.27. The standard InChI is InChI=1S/C18H24N2O2/c1-18(2,3)20-17(21)22-11-10-12-8-9-15-16(12)13-6-4-5-7-14(13)19-15/h4-7,12,19H,8-11H2,1-3H3,(H,20,21). The van der Waals surface area contributed by atoms with Gasteiger partial charge in [0.1, 0.15) is 0 Å². The number of benzene rings is 1. The summed E-state index contributed by atoms with van der Waals surface area (Å²) in [5.74, 6) is 0.480. The van der Waals surface area contributed by atoms with Gasteiger partial charge in [-0.25, -0.2) is 4.79 Å². The number of nitrogens with one attached hydrogen (secondary N) is 2. The zero-order valence-electron chi connectivity index (χ0n) is 13.5. The van der Waals surface area contributed by atoms with Crippen LogP contribution in [0.15, 0.2) is 24.3 Å². The summed E-state index contributed by atoms with van der Waals surface area (Å²) < 4.78 is 5.32. The fourth-order valence-electron chi connectivity index (χ4n) is 3.27. The molecule has 22 heavy (non-hydrogen) atoms. The van der Waals surface area contributed by atoms with E-state index in [1.807, 2.05) is 20.8 Å². The summed E-state index contributed by atoms with van der Waals surface area (Å²) in [7, 11) is 0. The molecule has 0 bridgehead atoms. The molecule has 118 valence electrons. The zero-order valence-corrected chi connectivity index (χ0v) is 13.5. The van der Waals surface area contributed by atoms with Crippen molar-refractivity contribution >= 4 is 17.0 Å². The van der Waals surface area contributed by atoms with Gasteiger partial charge in [-0.3, -0.25) is 0 Å². The minimum Gasteiger partial charge on any atom is -0.450 e. The minimum atomic E-state index is -0.329. The summed E-state index contributed by atoms with van der Waals surface area (Å²) in [6.45, 7) is 6.31. The highest BCUT2D eigenvalue weighted by Crippen LogP contribution is 2.40. The van der Waals surface area contributed by atoms with Crippen LogP contribution in [0.5, 0.6) is 0 Å². The monoisotopic (exact) mass is 300 g/mol. The van der Waals surface area contributed by atoms with E-state index in [4.69, 9.17) is 4.74 Å². The predicted molar refractivity (Wildman–Crippen MR) is 88.2 cm³/mol. The van der Waals surface area contributed by atoms with Crippen LogP contribution in [0.1, 0.15) is 50.8 Å². The number of para-hydroxylation sites is 1. The second-order valence-electron chi connectivity index (χ2n) is 7.10. The van der Waals surface area contributed by atoms with Gasteiger partial charge in [0.15, 0.2) is 0 Å². The Morgan fingerprint density at radius 1 is 1.36 bits per heavy atom. The Labute approximate surface area is 131 Å². The van der Waals surface area contributed by atoms with Gasteiger partial charge >= 0.3 is 6.09 Å². The van der Waals surface area contributed by atoms with Crippen LogP contribution in [-0.2, 0) is 11.2 Å². The zero-order chi connectivity index (χ0) is 15.7. The van der Waals surface area contributed by atoms with Gasteiger partial charge in [-0.1, -0.05) is 18.2 Å². The molecule has 3 rings (SSSR count). The Bertz CT molecular complexity index is 682. The van der Waals surface area contributed by atoms with E-state index in [1.54, 1.807) is 0 Å². The van der Waals surface area contributed by atoms with Crippen LogP contribution >= 0.6 is 0 Å². The van der Waals surface area contributed by atoms with Crippen molar-refractivity contribution in [3.63, 3.8) is 0 Å². The molecule has 0 saturated heterocycles. The number of ether oxygens (including phenoxy) is 1. The topological polar surface area (TPSA) is 54.1 Å². The van der Waals surface area contributed by atoms with Crippen LogP contribution in [0, 0.1) is 0 Å². The summed E-state index contributed by atoms with van der Waals surface area (Å²) in [5, 5.41) is 4.14. The molecule has 0 radical (unpaired) electrons. The molecule has 1 aliphatic rings. The first-order valence-corrected chi connectivity index (χ1v) is 7.98. The number of aromatic nitrogens is 1. The van der Waals surface area contributed by atoms with Gasteiger partial charge in [-0.2, -0.15) is 0 Å². The Kier molecular flexibility index (Phi) is 3.85. The third-order valence-electron chi connectivity index (χ3n) is 4.16. The Hall–Kier alpha value is -1.97. The number of carbonyl (C=O) groups is 1. The number of aryl methyl sites for hydroxylation is 1. The van der Waals surface area contributed by atoms with Crippen LogP contribution in [0.4, 0.5) is 4.79 Å². The van der Waals surface area contributed by atoms with Gasteiger partial charge in [-0.05, 0) is 57.6 Å². The van der Waals surface area contributed by atoms with Crippen molar-refractivity contribution in [2.24, 2.45) is 0 Å². The maximum absolute atomic E-state index is 11.7. The molecule has 1 atom stereocenters. The molecule has 1 amide bonds. The largest absolute Gasteiger partial charge is 0.450 e. The number of carbonyl (C=O) groups excluding carboxylic acids is 1. The van der Waals surface area contributed by atoms with E-state index in [-0.39, 0.29) is 11.6 Å². The van der Waals surface area contributed by atoms with Crippen LogP contribution in [-0.4, -0.2) is 23.2 Å². The maximum atomic E-state index is 11.7. The van der Waals surface area contributed by atoms with E-state index in [0.29, 0.717) is 12.5 Å². The number of alkyl carbamates (subject to hydrolysis) is 1. The molecule has 1 unspecified atom stereocenters. The van der Waals surface area contributed by atoms with E-state index in [2.05, 4.69) is 34.6 Å². The molecule has 1 aromatic carbocycles. The lowest BCUT2D eigenvalue weighted by Gasteiger charge is -2.20. The average Bonchev–Trinajstić information content (AvgIpc) is 2.96. The number of H-pyrrole nitrogens is 1. The van der Waals surface area contributed by atoms with Crippen molar-refractivity contribution in [1.82, 2.24) is 10.3 Å². The number of rotatable bonds is 3. The highest BCUT2D eigenvalue weighted by molar-refractivity contribution is 5.85. The van der Waals surface area contributed by atoms with Crippen molar-refractivity contribution < 1.29 is 9.53 Å². The van der Waals surface area contributed by atoms with E-state index in [0.717, 1.165) is 19.3 Å². The number of hydrogen-bond donors (Lipinski definition) is 2. The molecular weight excluding hydrogens is 276 g/mol. The summed E-state index contributed by atoms with van der Waals surface area (Å²) in [6, 6.07) is 8.44. The lowest BCUT2D eigenvalue weighted by molar-refractivity contribution is 0.134. The van der Waals surface area contributed by atoms with Gasteiger partial charge in [0.2, 0.25) is 0 Å². The summed E-state index contributed by atoms with van der Waals surface area (Å²) in [4.78, 5) is 15.2. The molecule has 1 aromatic heterocycles. The smallest absolute Gasteiger partial charge is 0.407 e. The molecule has 1 aliphatic carbocycles. The molecule has 4 nitrogen and oxygen atoms in total. The number of fused-ring (bicyclic) bond motifs is 3. The first kappa shape index (κ1) is 14.9. The molecule has 0 aliphatic heterocycles. The van der Waals surface area contributed by atoms with Crippen LogP contribution in [0.2, 0.25) is 0 Å². The Balaban J connectivity index is 1.61. The van der Waals surface area contributed by atoms with Gasteiger partial charge in [0.05, 0.1) is 6.61 Å². The molecular formula is C18H24N2O2. The lowest BCUT2D eigenvalue weighted by atomic mass is 9.97. The molecule has 2 N–H and O–H groups in total. The number of amides is 1. The molecule has 4 heteroatoms. The summed E-state index contributed by atoms with van der Waals surface area (Å²) in [5.41, 5.74) is 3.73. The quantitative estimate of drug-likeness (QED) is 0.896. The van der Waals surface area contributed by atoms with Crippen LogP contribution in [0.25, 0.3) is 10.9 Å². The molecule has 0 fully saturated rings. The first-order chi connectivity index (χ1) is 10.4. The molecule has 0 spiro atoms. The van der Waals surface area contributed by atoms with Crippen molar-refractivity contribution in [2.45, 2.75) is 51.5 Å². The predicted octanol–water partition coefficient (Wildman–Crippen LogP) is 4.11. The van der Waals surface area contributed by atoms with E-state index in [9.17, 15) is 4.79 Å². The molecule has 2 aromatic rings. The van der Waals surface area contributed by atoms with Crippen molar-refractivity contribution in [3.05, 3.63) is 35.5 Å². The van der Waals surface area contributed by atoms with Gasteiger partial charge < -0.3 is 15.0 Å².